The Kier molecular flexibility index (Phi) is 5.72. The fraction of sp³-hybridized carbons (Fsp3) is 0.278. The molecule has 4 nitrogen and oxygen atoms in total. The lowest BCUT2D eigenvalue weighted by atomic mass is 10.1. The van der Waals surface area contributed by atoms with Crippen molar-refractivity contribution in [1.82, 2.24) is 4.90 Å². The first-order chi connectivity index (χ1) is 11.3. The van der Waals surface area contributed by atoms with E-state index in [9.17, 15) is 17.6 Å². The minimum atomic E-state index is -3.51. The molecule has 0 aliphatic rings. The summed E-state index contributed by atoms with van der Waals surface area (Å²) < 4.78 is 38.0. The Morgan fingerprint density at radius 1 is 1.12 bits per heavy atom. The summed E-state index contributed by atoms with van der Waals surface area (Å²) >= 11 is 0. The summed E-state index contributed by atoms with van der Waals surface area (Å²) in [5.41, 5.74) is 0.782. The molecule has 2 aromatic rings. The Morgan fingerprint density at radius 2 is 1.83 bits per heavy atom. The first-order valence-electron chi connectivity index (χ1n) is 7.67. The van der Waals surface area contributed by atoms with Crippen LogP contribution in [-0.4, -0.2) is 32.0 Å². The van der Waals surface area contributed by atoms with Crippen molar-refractivity contribution in [2.24, 2.45) is 0 Å². The van der Waals surface area contributed by atoms with Gasteiger partial charge in [0.15, 0.2) is 9.84 Å². The lowest BCUT2D eigenvalue weighted by molar-refractivity contribution is 0.0781. The van der Waals surface area contributed by atoms with Crippen LogP contribution in [0.5, 0.6) is 0 Å². The topological polar surface area (TPSA) is 54.5 Å². The number of carbonyl (C=O) groups is 1. The van der Waals surface area contributed by atoms with Gasteiger partial charge in [0, 0.05) is 13.6 Å². The number of halogens is 1. The van der Waals surface area contributed by atoms with Gasteiger partial charge in [0.05, 0.1) is 16.2 Å². The average molecular weight is 349 g/mol. The predicted octanol–water partition coefficient (Wildman–Crippen LogP) is 3.28. The molecule has 128 valence electrons. The largest absolute Gasteiger partial charge is 0.337 e. The molecule has 0 heterocycles. The van der Waals surface area contributed by atoms with Gasteiger partial charge in [0.2, 0.25) is 0 Å². The van der Waals surface area contributed by atoms with Gasteiger partial charge in [-0.2, -0.15) is 0 Å². The van der Waals surface area contributed by atoms with E-state index in [1.165, 1.54) is 29.2 Å². The molecule has 0 saturated heterocycles. The molecule has 0 N–H and O–H groups in total. The third kappa shape index (κ3) is 4.20. The summed E-state index contributed by atoms with van der Waals surface area (Å²) in [6, 6.07) is 12.2. The molecule has 2 aromatic carbocycles. The van der Waals surface area contributed by atoms with Crippen LogP contribution in [0.1, 0.15) is 29.3 Å². The molecule has 0 bridgehead atoms. The number of sulfone groups is 1. The molecule has 1 amide bonds. The molecule has 24 heavy (non-hydrogen) atoms. The number of amides is 1. The van der Waals surface area contributed by atoms with Gasteiger partial charge in [-0.15, -0.1) is 0 Å². The third-order valence-electron chi connectivity index (χ3n) is 3.58. The van der Waals surface area contributed by atoms with Crippen molar-refractivity contribution in [3.05, 3.63) is 65.5 Å². The lowest BCUT2D eigenvalue weighted by Crippen LogP contribution is -2.28. The Morgan fingerprint density at radius 3 is 2.50 bits per heavy atom. The van der Waals surface area contributed by atoms with Gasteiger partial charge in [-0.25, -0.2) is 12.8 Å². The number of benzene rings is 2. The molecule has 0 unspecified atom stereocenters. The van der Waals surface area contributed by atoms with Gasteiger partial charge in [0.1, 0.15) is 5.82 Å². The second-order valence-corrected chi connectivity index (χ2v) is 7.68. The van der Waals surface area contributed by atoms with E-state index in [0.29, 0.717) is 12.0 Å². The van der Waals surface area contributed by atoms with Crippen molar-refractivity contribution >= 4 is 15.7 Å². The normalized spacial score (nSPS) is 11.3. The van der Waals surface area contributed by atoms with Crippen molar-refractivity contribution in [2.75, 3.05) is 12.8 Å². The highest BCUT2D eigenvalue weighted by Gasteiger charge is 2.23. The molecule has 0 atom stereocenters. The van der Waals surface area contributed by atoms with Crippen LogP contribution in [0.2, 0.25) is 0 Å². The predicted molar refractivity (Wildman–Crippen MR) is 91.0 cm³/mol. The second-order valence-electron chi connectivity index (χ2n) is 5.61. The Hall–Kier alpha value is -2.21. The van der Waals surface area contributed by atoms with Crippen LogP contribution < -0.4 is 0 Å². The van der Waals surface area contributed by atoms with Crippen molar-refractivity contribution in [1.29, 1.82) is 0 Å². The van der Waals surface area contributed by atoms with Crippen LogP contribution in [0.15, 0.2) is 53.4 Å². The summed E-state index contributed by atoms with van der Waals surface area (Å²) in [7, 11) is -1.94. The zero-order valence-electron chi connectivity index (χ0n) is 13.7. The molecule has 0 saturated carbocycles. The summed E-state index contributed by atoms with van der Waals surface area (Å²) in [4.78, 5) is 14.1. The Balaban J connectivity index is 2.30. The monoisotopic (exact) mass is 349 g/mol. The van der Waals surface area contributed by atoms with E-state index in [2.05, 4.69) is 0 Å². The Labute approximate surface area is 141 Å². The fourth-order valence-electron chi connectivity index (χ4n) is 2.48. The van der Waals surface area contributed by atoms with Crippen molar-refractivity contribution in [2.45, 2.75) is 24.8 Å². The van der Waals surface area contributed by atoms with E-state index in [0.717, 1.165) is 0 Å². The molecule has 0 aliphatic heterocycles. The van der Waals surface area contributed by atoms with E-state index < -0.39 is 15.7 Å². The van der Waals surface area contributed by atoms with Gasteiger partial charge in [-0.3, -0.25) is 4.79 Å². The highest BCUT2D eigenvalue weighted by atomic mass is 32.2. The lowest BCUT2D eigenvalue weighted by Gasteiger charge is -2.19. The van der Waals surface area contributed by atoms with Crippen molar-refractivity contribution in [3.8, 4) is 0 Å². The fourth-order valence-corrected chi connectivity index (χ4v) is 4.01. The van der Waals surface area contributed by atoms with Gasteiger partial charge in [-0.1, -0.05) is 31.2 Å². The second kappa shape index (κ2) is 7.57. The molecule has 0 fully saturated rings. The molecule has 0 radical (unpaired) electrons. The van der Waals surface area contributed by atoms with E-state index in [-0.39, 0.29) is 28.6 Å². The maximum atomic E-state index is 13.3. The van der Waals surface area contributed by atoms with E-state index in [4.69, 9.17) is 0 Å². The zero-order valence-corrected chi connectivity index (χ0v) is 14.5. The molecule has 0 aromatic heterocycles. The first kappa shape index (κ1) is 18.1. The van der Waals surface area contributed by atoms with Crippen molar-refractivity contribution < 1.29 is 17.6 Å². The van der Waals surface area contributed by atoms with Crippen LogP contribution in [0.25, 0.3) is 0 Å². The highest BCUT2D eigenvalue weighted by molar-refractivity contribution is 7.91. The van der Waals surface area contributed by atoms with Crippen LogP contribution in [-0.2, 0) is 16.4 Å². The number of carbonyl (C=O) groups excluding carboxylic acids is 1. The Bertz CT molecular complexity index is 834. The van der Waals surface area contributed by atoms with E-state index in [1.54, 1.807) is 38.2 Å². The standard InChI is InChI=1S/C18H20FNO3S/c1-3-11-24(22,23)17-10-5-4-9-16(17)18(21)20(2)13-14-7-6-8-15(19)12-14/h4-10,12H,3,11,13H2,1-2H3. The highest BCUT2D eigenvalue weighted by Crippen LogP contribution is 2.20. The van der Waals surface area contributed by atoms with Gasteiger partial charge >= 0.3 is 0 Å². The maximum absolute atomic E-state index is 13.3. The zero-order chi connectivity index (χ0) is 17.7. The van der Waals surface area contributed by atoms with Crippen LogP contribution in [0.4, 0.5) is 4.39 Å². The number of hydrogen-bond acceptors (Lipinski definition) is 3. The molecular weight excluding hydrogens is 329 g/mol. The van der Waals surface area contributed by atoms with Crippen LogP contribution in [0.3, 0.4) is 0 Å². The molecule has 2 rings (SSSR count). The summed E-state index contributed by atoms with van der Waals surface area (Å²) in [6.45, 7) is 1.97. The minimum absolute atomic E-state index is 0.00902. The smallest absolute Gasteiger partial charge is 0.255 e. The summed E-state index contributed by atoms with van der Waals surface area (Å²) in [6.07, 6.45) is 0.476. The van der Waals surface area contributed by atoms with Crippen LogP contribution in [0, 0.1) is 5.82 Å². The minimum Gasteiger partial charge on any atom is -0.337 e. The SMILES string of the molecule is CCCS(=O)(=O)c1ccccc1C(=O)N(C)Cc1cccc(F)c1. The summed E-state index contributed by atoms with van der Waals surface area (Å²) in [5, 5.41) is 0. The van der Waals surface area contributed by atoms with Crippen molar-refractivity contribution in [3.63, 3.8) is 0 Å². The summed E-state index contributed by atoms with van der Waals surface area (Å²) in [5.74, 6) is -0.793. The molecule has 0 aliphatic carbocycles. The maximum Gasteiger partial charge on any atom is 0.255 e. The van der Waals surface area contributed by atoms with Gasteiger partial charge in [0.25, 0.3) is 5.91 Å². The quantitative estimate of drug-likeness (QED) is 0.804. The molecular formula is C18H20FNO3S. The van der Waals surface area contributed by atoms with E-state index in [1.807, 2.05) is 0 Å². The van der Waals surface area contributed by atoms with Gasteiger partial charge in [-0.05, 0) is 36.2 Å². The van der Waals surface area contributed by atoms with Crippen LogP contribution >= 0.6 is 0 Å². The average Bonchev–Trinajstić information content (AvgIpc) is 2.54. The number of rotatable bonds is 6. The molecule has 6 heteroatoms. The van der Waals surface area contributed by atoms with Gasteiger partial charge < -0.3 is 4.90 Å². The number of nitrogens with zero attached hydrogens (tertiary/aromatic N) is 1. The third-order valence-corrected chi connectivity index (χ3v) is 5.55. The van der Waals surface area contributed by atoms with E-state index >= 15 is 0 Å². The molecule has 0 spiro atoms. The first-order valence-corrected chi connectivity index (χ1v) is 9.32. The number of hydrogen-bond donors (Lipinski definition) is 0.